The van der Waals surface area contributed by atoms with E-state index in [1.807, 2.05) is 60.7 Å². The Kier molecular flexibility index (Phi) is 7.43. The van der Waals surface area contributed by atoms with Gasteiger partial charge < -0.3 is 15.3 Å². The zero-order chi connectivity index (χ0) is 18.8. The van der Waals surface area contributed by atoms with E-state index in [4.69, 9.17) is 15.3 Å². The molecule has 140 valence electrons. The first-order chi connectivity index (χ1) is 12.4. The molecule has 8 heteroatoms. The minimum atomic E-state index is -3.36. The first-order valence-corrected chi connectivity index (χ1v) is 9.91. The lowest BCUT2D eigenvalue weighted by Gasteiger charge is -2.19. The molecule has 2 N–H and O–H groups in total. The molecule has 0 spiro atoms. The molecule has 0 aliphatic rings. The van der Waals surface area contributed by atoms with Crippen molar-refractivity contribution < 1.29 is 18.0 Å². The number of benzene rings is 2. The highest BCUT2D eigenvalue weighted by molar-refractivity contribution is 7.88. The molecule has 0 aliphatic heterocycles. The molecule has 0 amide bonds. The second-order valence-electron chi connectivity index (χ2n) is 5.60. The molecule has 0 radical (unpaired) electrons. The van der Waals surface area contributed by atoms with Gasteiger partial charge in [0.25, 0.3) is 0 Å². The first-order valence-electron chi connectivity index (χ1n) is 8.06. The quantitative estimate of drug-likeness (QED) is 0.295. The third kappa shape index (κ3) is 7.12. The summed E-state index contributed by atoms with van der Waals surface area (Å²) in [7, 11) is -3.36. The molecular weight excluding hydrogens is 354 g/mol. The van der Waals surface area contributed by atoms with Crippen molar-refractivity contribution >= 4 is 15.9 Å². The van der Waals surface area contributed by atoms with Crippen LogP contribution in [-0.4, -0.2) is 44.6 Å². The van der Waals surface area contributed by atoms with Crippen LogP contribution in [-0.2, 0) is 21.4 Å². The largest absolute Gasteiger partial charge is 0.486 e. The lowest BCUT2D eigenvalue weighted by molar-refractivity contribution is 0.128. The van der Waals surface area contributed by atoms with E-state index >= 15 is 0 Å². The van der Waals surface area contributed by atoms with E-state index in [0.29, 0.717) is 5.75 Å². The second-order valence-corrected chi connectivity index (χ2v) is 7.58. The zero-order valence-corrected chi connectivity index (χ0v) is 15.4. The number of rotatable bonds is 10. The first kappa shape index (κ1) is 19.7. The van der Waals surface area contributed by atoms with Crippen LogP contribution in [0.3, 0.4) is 0 Å². The Labute approximate surface area is 154 Å². The number of amidine groups is 1. The van der Waals surface area contributed by atoms with Gasteiger partial charge in [-0.2, -0.15) is 4.31 Å². The Bertz CT molecular complexity index is 796. The molecule has 0 bridgehead atoms. The standard InChI is InChI=1S/C18H23N3O4S/c1-26(22,23)21(14-16-8-4-2-5-9-16)12-13-25-20-18(19)15-24-17-10-6-3-7-11-17/h2-11H,12-15H2,1H3,(H2,19,20). The van der Waals surface area contributed by atoms with Crippen LogP contribution in [0.1, 0.15) is 5.56 Å². The normalized spacial score (nSPS) is 12.2. The van der Waals surface area contributed by atoms with Gasteiger partial charge in [0.15, 0.2) is 5.84 Å². The van der Waals surface area contributed by atoms with E-state index in [1.165, 1.54) is 10.6 Å². The molecule has 0 unspecified atom stereocenters. The number of hydrogen-bond donors (Lipinski definition) is 1. The average Bonchev–Trinajstić information content (AvgIpc) is 2.63. The van der Waals surface area contributed by atoms with Gasteiger partial charge in [-0.1, -0.05) is 53.7 Å². The van der Waals surface area contributed by atoms with E-state index in [-0.39, 0.29) is 32.1 Å². The molecule has 7 nitrogen and oxygen atoms in total. The van der Waals surface area contributed by atoms with Crippen molar-refractivity contribution in [2.75, 3.05) is 26.0 Å². The molecular formula is C18H23N3O4S. The van der Waals surface area contributed by atoms with Crippen LogP contribution < -0.4 is 10.5 Å². The van der Waals surface area contributed by atoms with Crippen molar-refractivity contribution in [2.24, 2.45) is 10.9 Å². The van der Waals surface area contributed by atoms with E-state index < -0.39 is 10.0 Å². The summed E-state index contributed by atoms with van der Waals surface area (Å²) >= 11 is 0. The van der Waals surface area contributed by atoms with Crippen molar-refractivity contribution in [3.8, 4) is 5.75 Å². The predicted octanol–water partition coefficient (Wildman–Crippen LogP) is 1.82. The molecule has 2 aromatic carbocycles. The number of oxime groups is 1. The molecule has 26 heavy (non-hydrogen) atoms. The highest BCUT2D eigenvalue weighted by Crippen LogP contribution is 2.09. The average molecular weight is 377 g/mol. The fourth-order valence-corrected chi connectivity index (χ4v) is 2.91. The van der Waals surface area contributed by atoms with Crippen LogP contribution >= 0.6 is 0 Å². The van der Waals surface area contributed by atoms with Gasteiger partial charge in [0.05, 0.1) is 12.8 Å². The molecule has 0 atom stereocenters. The van der Waals surface area contributed by atoms with Gasteiger partial charge in [0, 0.05) is 6.54 Å². The molecule has 0 aromatic heterocycles. The maximum Gasteiger partial charge on any atom is 0.211 e. The van der Waals surface area contributed by atoms with Gasteiger partial charge in [0.2, 0.25) is 10.0 Å². The molecule has 0 saturated heterocycles. The SMILES string of the molecule is CS(=O)(=O)N(CCON=C(N)COc1ccccc1)Cc1ccccc1. The number of ether oxygens (including phenoxy) is 1. The minimum absolute atomic E-state index is 0.0871. The van der Waals surface area contributed by atoms with Crippen molar-refractivity contribution in [2.45, 2.75) is 6.54 Å². The van der Waals surface area contributed by atoms with E-state index in [2.05, 4.69) is 5.16 Å². The summed E-state index contributed by atoms with van der Waals surface area (Å²) in [6.07, 6.45) is 1.17. The van der Waals surface area contributed by atoms with Gasteiger partial charge in [-0.05, 0) is 17.7 Å². The molecule has 0 saturated carbocycles. The summed E-state index contributed by atoms with van der Waals surface area (Å²) in [5.74, 6) is 0.847. The van der Waals surface area contributed by atoms with Gasteiger partial charge in [-0.15, -0.1) is 0 Å². The van der Waals surface area contributed by atoms with Crippen molar-refractivity contribution in [1.29, 1.82) is 0 Å². The van der Waals surface area contributed by atoms with E-state index in [1.54, 1.807) is 0 Å². The Hall–Kier alpha value is -2.58. The molecule has 0 aliphatic carbocycles. The maximum atomic E-state index is 11.9. The molecule has 0 fully saturated rings. The summed E-state index contributed by atoms with van der Waals surface area (Å²) in [5, 5.41) is 3.75. The lowest BCUT2D eigenvalue weighted by Crippen LogP contribution is -2.32. The van der Waals surface area contributed by atoms with Gasteiger partial charge in [-0.3, -0.25) is 0 Å². The summed E-state index contributed by atoms with van der Waals surface area (Å²) in [6.45, 7) is 0.624. The monoisotopic (exact) mass is 377 g/mol. The molecule has 2 rings (SSSR count). The highest BCUT2D eigenvalue weighted by Gasteiger charge is 2.16. The third-order valence-corrected chi connectivity index (χ3v) is 4.66. The Morgan fingerprint density at radius 2 is 1.69 bits per heavy atom. The van der Waals surface area contributed by atoms with Crippen LogP contribution in [0, 0.1) is 0 Å². The van der Waals surface area contributed by atoms with Crippen LogP contribution in [0.4, 0.5) is 0 Å². The summed E-state index contributed by atoms with van der Waals surface area (Å²) in [6, 6.07) is 18.6. The van der Waals surface area contributed by atoms with Crippen molar-refractivity contribution in [1.82, 2.24) is 4.31 Å². The Morgan fingerprint density at radius 1 is 1.08 bits per heavy atom. The molecule has 2 aromatic rings. The van der Waals surface area contributed by atoms with Gasteiger partial charge >= 0.3 is 0 Å². The van der Waals surface area contributed by atoms with Gasteiger partial charge in [0.1, 0.15) is 19.0 Å². The fraction of sp³-hybridized carbons (Fsp3) is 0.278. The minimum Gasteiger partial charge on any atom is -0.486 e. The fourth-order valence-electron chi connectivity index (χ4n) is 2.12. The van der Waals surface area contributed by atoms with E-state index in [0.717, 1.165) is 5.56 Å². The third-order valence-electron chi connectivity index (χ3n) is 3.41. The smallest absolute Gasteiger partial charge is 0.211 e. The lowest BCUT2D eigenvalue weighted by atomic mass is 10.2. The summed E-state index contributed by atoms with van der Waals surface area (Å²) in [5.41, 5.74) is 6.62. The Morgan fingerprint density at radius 3 is 2.31 bits per heavy atom. The van der Waals surface area contributed by atoms with Gasteiger partial charge in [-0.25, -0.2) is 8.42 Å². The number of nitrogens with two attached hydrogens (primary N) is 1. The van der Waals surface area contributed by atoms with Crippen molar-refractivity contribution in [3.05, 3.63) is 66.2 Å². The topological polar surface area (TPSA) is 94.2 Å². The molecule has 0 heterocycles. The number of nitrogens with zero attached hydrogens (tertiary/aromatic N) is 2. The van der Waals surface area contributed by atoms with Crippen LogP contribution in [0.5, 0.6) is 5.75 Å². The number of hydrogen-bond acceptors (Lipinski definition) is 5. The number of sulfonamides is 1. The van der Waals surface area contributed by atoms with Crippen LogP contribution in [0.15, 0.2) is 65.8 Å². The zero-order valence-electron chi connectivity index (χ0n) is 14.6. The second kappa shape index (κ2) is 9.79. The summed E-state index contributed by atoms with van der Waals surface area (Å²) < 4.78 is 30.6. The van der Waals surface area contributed by atoms with E-state index in [9.17, 15) is 8.42 Å². The summed E-state index contributed by atoms with van der Waals surface area (Å²) in [4.78, 5) is 5.12. The van der Waals surface area contributed by atoms with Crippen molar-refractivity contribution in [3.63, 3.8) is 0 Å². The predicted molar refractivity (Wildman–Crippen MR) is 101 cm³/mol. The van der Waals surface area contributed by atoms with Crippen LogP contribution in [0.2, 0.25) is 0 Å². The van der Waals surface area contributed by atoms with Crippen LogP contribution in [0.25, 0.3) is 0 Å². The maximum absolute atomic E-state index is 11.9. The Balaban J connectivity index is 1.79. The highest BCUT2D eigenvalue weighted by atomic mass is 32.2. The number of para-hydroxylation sites is 1.